The van der Waals surface area contributed by atoms with E-state index in [9.17, 15) is 19.2 Å². The quantitative estimate of drug-likeness (QED) is 0.0261. The van der Waals surface area contributed by atoms with E-state index in [-0.39, 0.29) is 28.5 Å². The second kappa shape index (κ2) is 41.9. The maximum absolute atomic E-state index is 12.4. The van der Waals surface area contributed by atoms with E-state index in [2.05, 4.69) is 93.7 Å². The molecule has 122 heavy (non-hydrogen) atoms. The van der Waals surface area contributed by atoms with Gasteiger partial charge in [0.25, 0.3) is 23.7 Å². The van der Waals surface area contributed by atoms with Gasteiger partial charge in [0.15, 0.2) is 10.2 Å². The molecule has 0 atom stereocenters. The monoisotopic (exact) mass is 1730 g/mol. The third kappa shape index (κ3) is 24.2. The topological polar surface area (TPSA) is 422 Å². The molecule has 4 aromatic carbocycles. The Kier molecular flexibility index (Phi) is 30.4. The number of nitrogens with zero attached hydrogens (tertiary/aromatic N) is 16. The van der Waals surface area contributed by atoms with E-state index >= 15 is 0 Å². The molecule has 0 saturated heterocycles. The Bertz CT molecular complexity index is 6020. The molecule has 3 amide bonds. The molecule has 0 aliphatic carbocycles. The summed E-state index contributed by atoms with van der Waals surface area (Å²) in [5.41, 5.74) is 14.5. The van der Waals surface area contributed by atoms with Crippen LogP contribution in [-0.4, -0.2) is 136 Å². The summed E-state index contributed by atoms with van der Waals surface area (Å²) < 4.78 is 53.5. The first-order valence-corrected chi connectivity index (χ1v) is 40.0. The number of amides is 3. The fraction of sp³-hybridized carbons (Fsp3) is 0.256. The summed E-state index contributed by atoms with van der Waals surface area (Å²) in [6.45, 7) is 23.5. The van der Waals surface area contributed by atoms with Crippen LogP contribution in [0.25, 0.3) is 0 Å². The molecule has 0 aliphatic heterocycles. The molecular weight excluding hydrogens is 1640 g/mol. The Morgan fingerprint density at radius 1 is 0.443 bits per heavy atom. The minimum Gasteiger partial charge on any atom is -0.497 e. The van der Waals surface area contributed by atoms with Gasteiger partial charge in [-0.05, 0) is 178 Å². The number of thiocarbonyl (C=S) groups is 2. The lowest BCUT2D eigenvalue weighted by molar-refractivity contribution is 0.0953. The number of carbonyl (C=O) groups excluding carboxylic acids is 3. The molecule has 0 fully saturated rings. The van der Waals surface area contributed by atoms with E-state index in [1.54, 1.807) is 129 Å². The molecule has 0 spiro atoms. The van der Waals surface area contributed by atoms with E-state index in [1.165, 1.54) is 9.36 Å². The van der Waals surface area contributed by atoms with Gasteiger partial charge in [0, 0.05) is 80.4 Å². The zero-order chi connectivity index (χ0) is 87.1. The zero-order valence-electron chi connectivity index (χ0n) is 69.3. The largest absolute Gasteiger partial charge is 0.497 e. The Balaban J connectivity index is 0.000000149. The fourth-order valence-electron chi connectivity index (χ4n) is 11.7. The van der Waals surface area contributed by atoms with Gasteiger partial charge in [0.2, 0.25) is 0 Å². The molecule has 0 radical (unpaired) electrons. The van der Waals surface area contributed by atoms with E-state index in [0.717, 1.165) is 113 Å². The van der Waals surface area contributed by atoms with Gasteiger partial charge in [-0.25, -0.2) is 0 Å². The normalized spacial score (nSPS) is 10.6. The van der Waals surface area contributed by atoms with Crippen LogP contribution in [0.4, 0.5) is 34.4 Å². The lowest BCUT2D eigenvalue weighted by Crippen LogP contribution is -2.21. The standard InChI is InChI=1S/C18H21N5O3S.C18H20N4O3.C16H17N5OS.C15H16N6O3.C15H15N3O3S2/c1-11-15(12(2)26-22-11)10-23-9-13(8-19-23)20-18(27)21-16-7-14(24-3)5-6-17(16)25-4;1-11-16(13(3)25-21-11)9-22-10-17(12(2)20-22)19-18(23)14-6-5-7-15(8-14)24-4;1-11-15(12(2)22-20-11)10-21-9-14(8-17-21)19-16(23)18-13-6-4-3-5-7-13;1-9-13(10(2)24-19-9)8-21-18-15(17-20-21)16-14(22)11-5-4-6-12(7-11)23-3;1-9-12(10(2)21-17-9)7-18-8-13(23-15(18)20)14(19)16-6-11-4-3-5-22-11/h5-9H,10H2,1-4H3,(H2,20,21,27);5-8,10H,9H2,1-4H3,(H,19,23);3-9H,10H2,1-2H3,(H2,18,19,23);4-7H,8H2,1-3H3,(H,16,18,22);3-5,8H,6-7H2,1-2H3,(H,16,19). The van der Waals surface area contributed by atoms with Crippen LogP contribution in [0.5, 0.6) is 23.0 Å². The fourth-order valence-corrected chi connectivity index (χ4v) is 13.6. The van der Waals surface area contributed by atoms with Gasteiger partial charge in [0.05, 0.1) is 137 Å². The molecule has 40 heteroatoms. The summed E-state index contributed by atoms with van der Waals surface area (Å²) >= 11 is 13.2. The van der Waals surface area contributed by atoms with Crippen molar-refractivity contribution in [3.63, 3.8) is 0 Å². The molecule has 0 unspecified atom stereocenters. The number of aromatic nitrogens is 16. The second-order valence-corrected chi connectivity index (χ2v) is 29.9. The van der Waals surface area contributed by atoms with Crippen LogP contribution in [0.1, 0.15) is 126 Å². The maximum atomic E-state index is 12.4. The average molecular weight is 1730 g/mol. The van der Waals surface area contributed by atoms with Crippen molar-refractivity contribution in [2.75, 3.05) is 60.3 Å². The van der Waals surface area contributed by atoms with Crippen molar-refractivity contribution in [1.29, 1.82) is 0 Å². The molecule has 0 aliphatic rings. The number of carbonyl (C=O) groups is 3. The Hall–Kier alpha value is -14.3. The van der Waals surface area contributed by atoms with Crippen molar-refractivity contribution in [2.45, 2.75) is 115 Å². The van der Waals surface area contributed by atoms with Gasteiger partial charge in [-0.1, -0.05) is 78.6 Å². The highest BCUT2D eigenvalue weighted by molar-refractivity contribution is 7.81. The summed E-state index contributed by atoms with van der Waals surface area (Å²) in [5, 5.41) is 68.3. The maximum Gasteiger partial charge on any atom is 0.308 e. The number of thiazole rings is 1. The van der Waals surface area contributed by atoms with Crippen molar-refractivity contribution in [1.82, 2.24) is 85.2 Å². The Labute approximate surface area is 718 Å². The van der Waals surface area contributed by atoms with E-state index in [4.69, 9.17) is 66.0 Å². The van der Waals surface area contributed by atoms with E-state index < -0.39 is 0 Å². The summed E-state index contributed by atoms with van der Waals surface area (Å²) in [4.78, 5) is 51.6. The summed E-state index contributed by atoms with van der Waals surface area (Å²) in [5.74, 6) is 5.69. The van der Waals surface area contributed by atoms with Crippen LogP contribution in [-0.2, 0) is 39.3 Å². The first-order valence-electron chi connectivity index (χ1n) is 37.5. The average Bonchev–Trinajstić information content (AvgIpc) is 1.69. The van der Waals surface area contributed by atoms with Crippen LogP contribution in [0.3, 0.4) is 0 Å². The molecule has 0 saturated carbocycles. The number of thiophene rings is 1. The molecule has 15 aromatic rings. The number of aryl methyl sites for hydroxylation is 11. The lowest BCUT2D eigenvalue weighted by Gasteiger charge is -2.13. The molecule has 634 valence electrons. The SMILES string of the molecule is COc1ccc(OC)c(NC(=S)Nc2cnn(Cc3c(C)noc3C)c2)c1.COc1cccc(C(=O)Nc2cn(Cc3c(C)noc3C)nc2C)c1.COc1cccc(C(=O)Nc2nnn(Cc3c(C)noc3C)n2)c1.Cc1noc(C)c1Cn1cc(C(=O)NCc2cccs2)sc1=O.Cc1noc(C)c1Cn1cc(NC(=S)Nc2ccccc2)cn1. The van der Waals surface area contributed by atoms with Gasteiger partial charge in [-0.15, -0.1) is 16.4 Å². The number of methoxy groups -OCH3 is 4. The third-order valence-corrected chi connectivity index (χ3v) is 20.6. The van der Waals surface area contributed by atoms with Crippen molar-refractivity contribution in [2.24, 2.45) is 0 Å². The van der Waals surface area contributed by atoms with Crippen molar-refractivity contribution >= 4 is 109 Å². The summed E-state index contributed by atoms with van der Waals surface area (Å²) in [6, 6.07) is 32.9. The summed E-state index contributed by atoms with van der Waals surface area (Å²) in [7, 11) is 6.32. The number of tetrazole rings is 1. The lowest BCUT2D eigenvalue weighted by atomic mass is 10.2. The van der Waals surface area contributed by atoms with Gasteiger partial charge in [-0.3, -0.25) is 38.5 Å². The number of hydrogen-bond acceptors (Lipinski definition) is 28. The second-order valence-electron chi connectivity index (χ2n) is 27.0. The smallest absolute Gasteiger partial charge is 0.308 e. The highest BCUT2D eigenvalue weighted by atomic mass is 32.1. The molecule has 7 N–H and O–H groups in total. The first-order chi connectivity index (χ1) is 58.7. The van der Waals surface area contributed by atoms with Crippen LogP contribution < -0.4 is 61.0 Å². The van der Waals surface area contributed by atoms with E-state index in [1.807, 2.05) is 152 Å². The molecular formula is C82H89N23O13S4. The molecule has 0 bridgehead atoms. The number of para-hydroxylation sites is 1. The highest BCUT2D eigenvalue weighted by Crippen LogP contribution is 2.30. The van der Waals surface area contributed by atoms with Gasteiger partial charge in [0.1, 0.15) is 56.7 Å². The van der Waals surface area contributed by atoms with Crippen molar-refractivity contribution < 1.29 is 55.9 Å². The highest BCUT2D eigenvalue weighted by Gasteiger charge is 2.21. The summed E-state index contributed by atoms with van der Waals surface area (Å²) in [6.07, 6.45) is 10.6. The minimum absolute atomic E-state index is 0.120. The zero-order valence-corrected chi connectivity index (χ0v) is 72.5. The number of anilines is 6. The van der Waals surface area contributed by atoms with Crippen LogP contribution in [0, 0.1) is 76.2 Å². The number of benzene rings is 4. The Morgan fingerprint density at radius 2 is 0.926 bits per heavy atom. The molecule has 11 aromatic heterocycles. The number of hydrogen-bond donors (Lipinski definition) is 7. The van der Waals surface area contributed by atoms with Gasteiger partial charge >= 0.3 is 4.87 Å². The molecule has 15 rings (SSSR count). The number of rotatable bonds is 25. The first kappa shape index (κ1) is 88.6. The minimum atomic E-state index is -0.342. The predicted octanol–water partition coefficient (Wildman–Crippen LogP) is 14.0. The van der Waals surface area contributed by atoms with Crippen molar-refractivity contribution in [3.05, 3.63) is 273 Å². The van der Waals surface area contributed by atoms with Crippen molar-refractivity contribution in [3.8, 4) is 23.0 Å². The van der Waals surface area contributed by atoms with Crippen LogP contribution in [0.2, 0.25) is 0 Å². The third-order valence-electron chi connectivity index (χ3n) is 18.4. The molecule has 36 nitrogen and oxygen atoms in total. The van der Waals surface area contributed by atoms with Gasteiger partial charge in [-0.2, -0.15) is 20.1 Å². The Morgan fingerprint density at radius 3 is 1.42 bits per heavy atom. The predicted molar refractivity (Wildman–Crippen MR) is 466 cm³/mol. The number of ether oxygens (including phenoxy) is 4. The molecule has 11 heterocycles. The van der Waals surface area contributed by atoms with E-state index in [0.29, 0.717) is 111 Å². The van der Waals surface area contributed by atoms with Crippen LogP contribution >= 0.6 is 47.1 Å². The van der Waals surface area contributed by atoms with Crippen LogP contribution in [0.15, 0.2) is 179 Å². The van der Waals surface area contributed by atoms with Gasteiger partial charge < -0.3 is 78.0 Å². The number of nitrogens with one attached hydrogen (secondary N) is 7.